The molecule has 0 unspecified atom stereocenters. The zero-order valence-electron chi connectivity index (χ0n) is 10.3. The summed E-state index contributed by atoms with van der Waals surface area (Å²) >= 11 is 0. The summed E-state index contributed by atoms with van der Waals surface area (Å²) in [6, 6.07) is 9.83. The highest BCUT2D eigenvalue weighted by Crippen LogP contribution is 2.36. The molecule has 0 saturated carbocycles. The van der Waals surface area contributed by atoms with Gasteiger partial charge in [-0.05, 0) is 24.8 Å². The fourth-order valence-corrected chi connectivity index (χ4v) is 2.56. The van der Waals surface area contributed by atoms with Crippen molar-refractivity contribution in [3.05, 3.63) is 48.0 Å². The van der Waals surface area contributed by atoms with Gasteiger partial charge in [0.05, 0.1) is 6.61 Å². The SMILES string of the molecule is COC[C@@](O)(c1ccccc1)[C@H]1C=CCCC1. The van der Waals surface area contributed by atoms with Gasteiger partial charge < -0.3 is 9.84 Å². The van der Waals surface area contributed by atoms with Crippen LogP contribution in [0, 0.1) is 5.92 Å². The lowest BCUT2D eigenvalue weighted by atomic mass is 9.77. The van der Waals surface area contributed by atoms with Crippen molar-refractivity contribution in [3.8, 4) is 0 Å². The van der Waals surface area contributed by atoms with Crippen molar-refractivity contribution in [2.45, 2.75) is 24.9 Å². The van der Waals surface area contributed by atoms with Crippen LogP contribution in [0.5, 0.6) is 0 Å². The van der Waals surface area contributed by atoms with Crippen LogP contribution in [0.2, 0.25) is 0 Å². The minimum absolute atomic E-state index is 0.151. The Morgan fingerprint density at radius 3 is 2.71 bits per heavy atom. The number of hydrogen-bond donors (Lipinski definition) is 1. The molecule has 0 fully saturated rings. The Kier molecular flexibility index (Phi) is 3.97. The highest BCUT2D eigenvalue weighted by molar-refractivity contribution is 5.25. The minimum atomic E-state index is -0.896. The third-order valence-electron chi connectivity index (χ3n) is 3.51. The average Bonchev–Trinajstić information content (AvgIpc) is 2.41. The van der Waals surface area contributed by atoms with Gasteiger partial charge in [0, 0.05) is 13.0 Å². The monoisotopic (exact) mass is 232 g/mol. The minimum Gasteiger partial charge on any atom is -0.382 e. The predicted molar refractivity (Wildman–Crippen MR) is 68.7 cm³/mol. The molecule has 2 nitrogen and oxygen atoms in total. The van der Waals surface area contributed by atoms with E-state index in [1.54, 1.807) is 7.11 Å². The topological polar surface area (TPSA) is 29.5 Å². The summed E-state index contributed by atoms with van der Waals surface area (Å²) in [6.45, 7) is 0.339. The fourth-order valence-electron chi connectivity index (χ4n) is 2.56. The van der Waals surface area contributed by atoms with Crippen molar-refractivity contribution >= 4 is 0 Å². The molecule has 0 bridgehead atoms. The van der Waals surface area contributed by atoms with Gasteiger partial charge >= 0.3 is 0 Å². The second-order valence-corrected chi connectivity index (χ2v) is 4.69. The zero-order valence-corrected chi connectivity index (χ0v) is 10.3. The standard InChI is InChI=1S/C15H20O2/c1-17-12-15(16,13-8-4-2-5-9-13)14-10-6-3-7-11-14/h2,4-6,8-10,14,16H,3,7,11-12H2,1H3/t14-,15+/m0/s1. The summed E-state index contributed by atoms with van der Waals surface area (Å²) in [7, 11) is 1.64. The van der Waals surface area contributed by atoms with Gasteiger partial charge in [0.2, 0.25) is 0 Å². The van der Waals surface area contributed by atoms with E-state index in [0.717, 1.165) is 24.8 Å². The van der Waals surface area contributed by atoms with E-state index < -0.39 is 5.60 Å². The van der Waals surface area contributed by atoms with Gasteiger partial charge in [0.15, 0.2) is 0 Å². The Morgan fingerprint density at radius 2 is 2.12 bits per heavy atom. The van der Waals surface area contributed by atoms with Crippen molar-refractivity contribution in [3.63, 3.8) is 0 Å². The number of aliphatic hydroxyl groups is 1. The molecule has 1 aliphatic rings. The van der Waals surface area contributed by atoms with Crippen molar-refractivity contribution in [1.29, 1.82) is 0 Å². The molecule has 2 heteroatoms. The van der Waals surface area contributed by atoms with Crippen LogP contribution in [0.15, 0.2) is 42.5 Å². The summed E-state index contributed by atoms with van der Waals surface area (Å²) in [5.74, 6) is 0.151. The summed E-state index contributed by atoms with van der Waals surface area (Å²) in [5.41, 5.74) is 0.0471. The first kappa shape index (κ1) is 12.3. The maximum atomic E-state index is 10.9. The first-order chi connectivity index (χ1) is 8.27. The van der Waals surface area contributed by atoms with E-state index in [4.69, 9.17) is 4.74 Å². The quantitative estimate of drug-likeness (QED) is 0.809. The Hall–Kier alpha value is -1.12. The van der Waals surface area contributed by atoms with Crippen LogP contribution in [0.1, 0.15) is 24.8 Å². The largest absolute Gasteiger partial charge is 0.382 e. The molecule has 0 aliphatic heterocycles. The van der Waals surface area contributed by atoms with Crippen LogP contribution in [-0.2, 0) is 10.3 Å². The lowest BCUT2D eigenvalue weighted by Crippen LogP contribution is -2.39. The van der Waals surface area contributed by atoms with E-state index >= 15 is 0 Å². The Bertz CT molecular complexity index is 372. The van der Waals surface area contributed by atoms with Crippen molar-refractivity contribution in [1.82, 2.24) is 0 Å². The van der Waals surface area contributed by atoms with E-state index in [9.17, 15) is 5.11 Å². The van der Waals surface area contributed by atoms with Gasteiger partial charge in [-0.2, -0.15) is 0 Å². The molecule has 2 atom stereocenters. The summed E-state index contributed by atoms with van der Waals surface area (Å²) in [5, 5.41) is 10.9. The number of methoxy groups -OCH3 is 1. The zero-order chi connectivity index (χ0) is 12.1. The number of ether oxygens (including phenoxy) is 1. The lowest BCUT2D eigenvalue weighted by molar-refractivity contribution is -0.0700. The van der Waals surface area contributed by atoms with Gasteiger partial charge in [0.25, 0.3) is 0 Å². The molecular formula is C15H20O2. The van der Waals surface area contributed by atoms with E-state index in [2.05, 4.69) is 12.2 Å². The number of rotatable bonds is 4. The van der Waals surface area contributed by atoms with Crippen molar-refractivity contribution in [2.24, 2.45) is 5.92 Å². The maximum absolute atomic E-state index is 10.9. The molecule has 1 N–H and O–H groups in total. The number of hydrogen-bond acceptors (Lipinski definition) is 2. The molecule has 2 rings (SSSR count). The molecule has 1 aliphatic carbocycles. The molecule has 0 heterocycles. The molecular weight excluding hydrogens is 212 g/mol. The van der Waals surface area contributed by atoms with Crippen LogP contribution in [0.25, 0.3) is 0 Å². The molecule has 0 aromatic heterocycles. The molecule has 1 aromatic carbocycles. The van der Waals surface area contributed by atoms with E-state index in [0.29, 0.717) is 6.61 Å². The van der Waals surface area contributed by atoms with Gasteiger partial charge in [0.1, 0.15) is 5.60 Å². The van der Waals surface area contributed by atoms with E-state index in [-0.39, 0.29) is 5.92 Å². The Balaban J connectivity index is 2.31. The van der Waals surface area contributed by atoms with Crippen LogP contribution in [0.4, 0.5) is 0 Å². The van der Waals surface area contributed by atoms with Crippen LogP contribution in [-0.4, -0.2) is 18.8 Å². The van der Waals surface area contributed by atoms with E-state index in [1.807, 2.05) is 30.3 Å². The molecule has 0 radical (unpaired) electrons. The summed E-state index contributed by atoms with van der Waals surface area (Å²) < 4.78 is 5.23. The predicted octanol–water partition coefficient (Wildman–Crippen LogP) is 2.88. The van der Waals surface area contributed by atoms with Gasteiger partial charge in [-0.15, -0.1) is 0 Å². The number of benzene rings is 1. The van der Waals surface area contributed by atoms with E-state index in [1.165, 1.54) is 0 Å². The van der Waals surface area contributed by atoms with Crippen molar-refractivity contribution in [2.75, 3.05) is 13.7 Å². The summed E-state index contributed by atoms with van der Waals surface area (Å²) in [4.78, 5) is 0. The molecule has 17 heavy (non-hydrogen) atoms. The lowest BCUT2D eigenvalue weighted by Gasteiger charge is -2.36. The van der Waals surface area contributed by atoms with Crippen LogP contribution >= 0.6 is 0 Å². The molecule has 0 saturated heterocycles. The fraction of sp³-hybridized carbons (Fsp3) is 0.467. The Morgan fingerprint density at radius 1 is 1.35 bits per heavy atom. The van der Waals surface area contributed by atoms with Crippen LogP contribution in [0.3, 0.4) is 0 Å². The molecule has 0 amide bonds. The molecule has 0 spiro atoms. The van der Waals surface area contributed by atoms with Crippen molar-refractivity contribution < 1.29 is 9.84 Å². The highest BCUT2D eigenvalue weighted by Gasteiger charge is 2.37. The summed E-state index contributed by atoms with van der Waals surface area (Å²) in [6.07, 6.45) is 7.58. The van der Waals surface area contributed by atoms with Crippen LogP contribution < -0.4 is 0 Å². The van der Waals surface area contributed by atoms with Gasteiger partial charge in [-0.3, -0.25) is 0 Å². The highest BCUT2D eigenvalue weighted by atomic mass is 16.5. The van der Waals surface area contributed by atoms with Gasteiger partial charge in [-0.1, -0.05) is 42.5 Å². The number of allylic oxidation sites excluding steroid dienone is 1. The molecule has 92 valence electrons. The average molecular weight is 232 g/mol. The first-order valence-corrected chi connectivity index (χ1v) is 6.21. The first-order valence-electron chi connectivity index (χ1n) is 6.21. The smallest absolute Gasteiger partial charge is 0.119 e. The maximum Gasteiger partial charge on any atom is 0.119 e. The third-order valence-corrected chi connectivity index (χ3v) is 3.51. The normalized spacial score (nSPS) is 23.3. The third kappa shape index (κ3) is 2.59. The molecule has 1 aromatic rings. The second-order valence-electron chi connectivity index (χ2n) is 4.69. The Labute approximate surface area is 103 Å². The second kappa shape index (κ2) is 5.48. The van der Waals surface area contributed by atoms with Gasteiger partial charge in [-0.25, -0.2) is 0 Å².